The predicted octanol–water partition coefficient (Wildman–Crippen LogP) is 1.51. The maximum Gasteiger partial charge on any atom is 0.180 e. The first-order valence-electron chi connectivity index (χ1n) is 5.75. The van der Waals surface area contributed by atoms with Gasteiger partial charge in [0, 0.05) is 0 Å². The van der Waals surface area contributed by atoms with Gasteiger partial charge in [0.25, 0.3) is 0 Å². The van der Waals surface area contributed by atoms with Gasteiger partial charge in [-0.25, -0.2) is 22.5 Å². The van der Waals surface area contributed by atoms with Gasteiger partial charge in [0.15, 0.2) is 9.84 Å². The number of hydrogen-bond donors (Lipinski definition) is 0. The molecular weight excluding hydrogens is 269 g/mol. The van der Waals surface area contributed by atoms with Crippen molar-refractivity contribution in [2.75, 3.05) is 5.75 Å². The number of hydrogen-bond acceptors (Lipinski definition) is 4. The zero-order chi connectivity index (χ0) is 14.0. The first kappa shape index (κ1) is 13.7. The van der Waals surface area contributed by atoms with E-state index in [9.17, 15) is 12.8 Å². The zero-order valence-electron chi connectivity index (χ0n) is 10.7. The number of aryl methyl sites for hydroxylation is 3. The topological polar surface area (TPSA) is 64.8 Å². The van der Waals surface area contributed by atoms with Gasteiger partial charge >= 0.3 is 0 Å². The number of rotatable bonds is 4. The Labute approximate surface area is 111 Å². The number of halogens is 1. The van der Waals surface area contributed by atoms with Gasteiger partial charge in [0.2, 0.25) is 0 Å². The van der Waals surface area contributed by atoms with E-state index in [2.05, 4.69) is 10.1 Å². The molecule has 0 amide bonds. The second-order valence-electron chi connectivity index (χ2n) is 4.20. The molecule has 0 atom stereocenters. The largest absolute Gasteiger partial charge is 0.249 e. The SMILES string of the molecule is Cc1nc(C)n(CCS(=O)(=O)c2ccc(F)cc2)n1. The molecule has 2 aromatic rings. The van der Waals surface area contributed by atoms with E-state index in [0.717, 1.165) is 12.1 Å². The molecule has 5 nitrogen and oxygen atoms in total. The van der Waals surface area contributed by atoms with Crippen LogP contribution < -0.4 is 0 Å². The summed E-state index contributed by atoms with van der Waals surface area (Å²) in [6.45, 7) is 3.74. The minimum absolute atomic E-state index is 0.0950. The Morgan fingerprint density at radius 1 is 1.21 bits per heavy atom. The molecule has 0 spiro atoms. The van der Waals surface area contributed by atoms with Gasteiger partial charge in [-0.15, -0.1) is 0 Å². The van der Waals surface area contributed by atoms with E-state index in [1.54, 1.807) is 18.5 Å². The molecule has 0 aliphatic heterocycles. The smallest absolute Gasteiger partial charge is 0.180 e. The van der Waals surface area contributed by atoms with E-state index in [-0.39, 0.29) is 17.2 Å². The Balaban J connectivity index is 2.14. The molecule has 0 fully saturated rings. The van der Waals surface area contributed by atoms with Crippen molar-refractivity contribution in [1.29, 1.82) is 0 Å². The van der Waals surface area contributed by atoms with Crippen molar-refractivity contribution >= 4 is 9.84 Å². The summed E-state index contributed by atoms with van der Waals surface area (Å²) in [7, 11) is -3.44. The summed E-state index contributed by atoms with van der Waals surface area (Å²) in [4.78, 5) is 4.22. The van der Waals surface area contributed by atoms with Crippen LogP contribution in [0.3, 0.4) is 0 Å². The fourth-order valence-electron chi connectivity index (χ4n) is 1.74. The Morgan fingerprint density at radius 3 is 2.37 bits per heavy atom. The van der Waals surface area contributed by atoms with E-state index in [4.69, 9.17) is 0 Å². The van der Waals surface area contributed by atoms with Crippen molar-refractivity contribution < 1.29 is 12.8 Å². The van der Waals surface area contributed by atoms with Gasteiger partial charge in [0.1, 0.15) is 17.5 Å². The molecule has 0 radical (unpaired) electrons. The maximum absolute atomic E-state index is 12.8. The summed E-state index contributed by atoms with van der Waals surface area (Å²) >= 11 is 0. The van der Waals surface area contributed by atoms with E-state index in [1.807, 2.05) is 0 Å². The van der Waals surface area contributed by atoms with Crippen LogP contribution in [-0.2, 0) is 16.4 Å². The van der Waals surface area contributed by atoms with Gasteiger partial charge in [-0.1, -0.05) is 0 Å². The van der Waals surface area contributed by atoms with Gasteiger partial charge < -0.3 is 0 Å². The number of aromatic nitrogens is 3. The molecule has 1 aromatic carbocycles. The van der Waals surface area contributed by atoms with E-state index in [1.165, 1.54) is 12.1 Å². The van der Waals surface area contributed by atoms with Crippen molar-refractivity contribution in [2.45, 2.75) is 25.3 Å². The first-order chi connectivity index (χ1) is 8.88. The standard InChI is InChI=1S/C12H14FN3O2S/c1-9-14-10(2)16(15-9)7-8-19(17,18)12-5-3-11(13)4-6-12/h3-6H,7-8H2,1-2H3. The highest BCUT2D eigenvalue weighted by molar-refractivity contribution is 7.91. The van der Waals surface area contributed by atoms with Gasteiger partial charge in [-0.05, 0) is 38.1 Å². The number of benzene rings is 1. The summed E-state index contributed by atoms with van der Waals surface area (Å²) in [6, 6.07) is 4.81. The lowest BCUT2D eigenvalue weighted by atomic mass is 10.4. The average molecular weight is 283 g/mol. The van der Waals surface area contributed by atoms with Crippen LogP contribution in [0.1, 0.15) is 11.6 Å². The third kappa shape index (κ3) is 3.17. The summed E-state index contributed by atoms with van der Waals surface area (Å²) in [5, 5.41) is 4.10. The second kappa shape index (κ2) is 5.08. The fraction of sp³-hybridized carbons (Fsp3) is 0.333. The molecule has 2 rings (SSSR count). The van der Waals surface area contributed by atoms with E-state index in [0.29, 0.717) is 11.6 Å². The van der Waals surface area contributed by atoms with Crippen LogP contribution in [0.4, 0.5) is 4.39 Å². The summed E-state index contributed by atoms with van der Waals surface area (Å²) in [5.41, 5.74) is 0. The molecule has 19 heavy (non-hydrogen) atoms. The highest BCUT2D eigenvalue weighted by Gasteiger charge is 2.15. The third-order valence-corrected chi connectivity index (χ3v) is 4.42. The Bertz CT molecular complexity index is 678. The van der Waals surface area contributed by atoms with Crippen LogP contribution in [0.15, 0.2) is 29.2 Å². The minimum Gasteiger partial charge on any atom is -0.249 e. The minimum atomic E-state index is -3.44. The summed E-state index contributed by atoms with van der Waals surface area (Å²) in [6.07, 6.45) is 0. The molecule has 1 heterocycles. The normalized spacial score (nSPS) is 11.7. The molecule has 0 unspecified atom stereocenters. The molecule has 0 saturated heterocycles. The molecule has 102 valence electrons. The fourth-order valence-corrected chi connectivity index (χ4v) is 2.94. The van der Waals surface area contributed by atoms with Crippen molar-refractivity contribution in [3.05, 3.63) is 41.7 Å². The lowest BCUT2D eigenvalue weighted by Gasteiger charge is -2.05. The second-order valence-corrected chi connectivity index (χ2v) is 6.31. The Morgan fingerprint density at radius 2 is 1.84 bits per heavy atom. The molecule has 0 aliphatic rings. The number of sulfone groups is 1. The van der Waals surface area contributed by atoms with Crippen LogP contribution in [0.5, 0.6) is 0 Å². The van der Waals surface area contributed by atoms with Crippen LogP contribution in [0, 0.1) is 19.7 Å². The van der Waals surface area contributed by atoms with Gasteiger partial charge in [-0.2, -0.15) is 5.10 Å². The third-order valence-electron chi connectivity index (χ3n) is 2.71. The molecule has 0 saturated carbocycles. The predicted molar refractivity (Wildman–Crippen MR) is 67.9 cm³/mol. The Hall–Kier alpha value is -1.76. The van der Waals surface area contributed by atoms with Gasteiger partial charge in [0.05, 0.1) is 17.2 Å². The van der Waals surface area contributed by atoms with Crippen LogP contribution in [-0.4, -0.2) is 28.9 Å². The van der Waals surface area contributed by atoms with Crippen LogP contribution in [0.25, 0.3) is 0 Å². The van der Waals surface area contributed by atoms with Crippen molar-refractivity contribution in [3.63, 3.8) is 0 Å². The quantitative estimate of drug-likeness (QED) is 0.798. The molecule has 0 N–H and O–H groups in total. The van der Waals surface area contributed by atoms with Crippen molar-refractivity contribution in [3.8, 4) is 0 Å². The first-order valence-corrected chi connectivity index (χ1v) is 7.40. The lowest BCUT2D eigenvalue weighted by Crippen LogP contribution is -2.15. The van der Waals surface area contributed by atoms with Gasteiger partial charge in [-0.3, -0.25) is 0 Å². The van der Waals surface area contributed by atoms with E-state index < -0.39 is 15.7 Å². The zero-order valence-corrected chi connectivity index (χ0v) is 11.5. The van der Waals surface area contributed by atoms with Crippen molar-refractivity contribution in [2.24, 2.45) is 0 Å². The highest BCUT2D eigenvalue weighted by Crippen LogP contribution is 2.12. The van der Waals surface area contributed by atoms with Crippen LogP contribution >= 0.6 is 0 Å². The van der Waals surface area contributed by atoms with E-state index >= 15 is 0 Å². The lowest BCUT2D eigenvalue weighted by molar-refractivity contribution is 0.575. The number of nitrogens with zero attached hydrogens (tertiary/aromatic N) is 3. The summed E-state index contributed by atoms with van der Waals surface area (Å²) in [5.74, 6) is 0.729. The Kier molecular flexibility index (Phi) is 3.66. The molecule has 0 aliphatic carbocycles. The average Bonchev–Trinajstić information content (AvgIpc) is 2.66. The summed E-state index contributed by atoms with van der Waals surface area (Å²) < 4.78 is 38.4. The molecule has 0 bridgehead atoms. The molecule has 1 aromatic heterocycles. The highest BCUT2D eigenvalue weighted by atomic mass is 32.2. The monoisotopic (exact) mass is 283 g/mol. The molecular formula is C12H14FN3O2S. The maximum atomic E-state index is 12.8. The van der Waals surface area contributed by atoms with Crippen molar-refractivity contribution in [1.82, 2.24) is 14.8 Å². The van der Waals surface area contributed by atoms with Crippen LogP contribution in [0.2, 0.25) is 0 Å². The molecule has 7 heteroatoms.